The smallest absolute Gasteiger partial charge is 0.328 e. The molecule has 6 N–H and O–H groups in total. The van der Waals surface area contributed by atoms with Crippen LogP contribution in [0.2, 0.25) is 0 Å². The highest BCUT2D eigenvalue weighted by Gasteiger charge is 2.34. The third-order valence-electron chi connectivity index (χ3n) is 5.03. The summed E-state index contributed by atoms with van der Waals surface area (Å²) in [6.07, 6.45) is 0.781. The van der Waals surface area contributed by atoms with Crippen LogP contribution in [-0.4, -0.2) is 76.5 Å². The van der Waals surface area contributed by atoms with Gasteiger partial charge in [-0.2, -0.15) is 12.6 Å². The molecule has 1 aliphatic rings. The van der Waals surface area contributed by atoms with Gasteiger partial charge in [0.2, 0.25) is 17.7 Å². The second kappa shape index (κ2) is 12.0. The highest BCUT2D eigenvalue weighted by Crippen LogP contribution is 2.10. The molecule has 29 heavy (non-hydrogen) atoms. The van der Waals surface area contributed by atoms with Gasteiger partial charge in [0.25, 0.3) is 0 Å². The summed E-state index contributed by atoms with van der Waals surface area (Å²) in [5, 5.41) is 29.2. The average Bonchev–Trinajstić information content (AvgIpc) is 3.21. The van der Waals surface area contributed by atoms with E-state index in [1.165, 1.54) is 6.92 Å². The van der Waals surface area contributed by atoms with E-state index in [9.17, 15) is 24.3 Å². The lowest BCUT2D eigenvalue weighted by molar-refractivity contribution is -0.145. The van der Waals surface area contributed by atoms with Crippen molar-refractivity contribution in [1.29, 1.82) is 0 Å². The molecule has 11 heteroatoms. The zero-order valence-electron chi connectivity index (χ0n) is 17.0. The van der Waals surface area contributed by atoms with Crippen LogP contribution in [0.1, 0.15) is 40.0 Å². The molecule has 0 radical (unpaired) electrons. The van der Waals surface area contributed by atoms with E-state index in [0.29, 0.717) is 12.8 Å². The molecule has 3 amide bonds. The summed E-state index contributed by atoms with van der Waals surface area (Å²) >= 11 is 4.12. The fourth-order valence-corrected chi connectivity index (χ4v) is 3.22. The SMILES string of the molecule is CCC(C)C(NC(=O)C(CS)NC(=O)C1CCCN1)C(=O)NC(C(=O)O)C(C)O. The Hall–Kier alpha value is -1.85. The van der Waals surface area contributed by atoms with Gasteiger partial charge in [-0.25, -0.2) is 4.79 Å². The number of carbonyl (C=O) groups excluding carboxylic acids is 3. The van der Waals surface area contributed by atoms with Crippen molar-refractivity contribution < 1.29 is 29.4 Å². The molecule has 0 aliphatic carbocycles. The quantitative estimate of drug-likeness (QED) is 0.199. The number of carbonyl (C=O) groups is 4. The van der Waals surface area contributed by atoms with E-state index in [1.54, 1.807) is 6.92 Å². The van der Waals surface area contributed by atoms with Gasteiger partial charge < -0.3 is 31.5 Å². The molecule has 1 rings (SSSR count). The lowest BCUT2D eigenvalue weighted by Gasteiger charge is -2.28. The molecule has 6 atom stereocenters. The van der Waals surface area contributed by atoms with Gasteiger partial charge in [0, 0.05) is 5.75 Å². The van der Waals surface area contributed by atoms with Crippen molar-refractivity contribution in [3.05, 3.63) is 0 Å². The van der Waals surface area contributed by atoms with E-state index in [0.717, 1.165) is 13.0 Å². The monoisotopic (exact) mass is 432 g/mol. The zero-order chi connectivity index (χ0) is 22.1. The van der Waals surface area contributed by atoms with Gasteiger partial charge in [-0.3, -0.25) is 14.4 Å². The van der Waals surface area contributed by atoms with Crippen molar-refractivity contribution >= 4 is 36.3 Å². The van der Waals surface area contributed by atoms with E-state index in [4.69, 9.17) is 5.11 Å². The van der Waals surface area contributed by atoms with Crippen LogP contribution in [0.25, 0.3) is 0 Å². The molecular weight excluding hydrogens is 400 g/mol. The highest BCUT2D eigenvalue weighted by molar-refractivity contribution is 7.80. The van der Waals surface area contributed by atoms with Crippen molar-refractivity contribution in [1.82, 2.24) is 21.3 Å². The maximum Gasteiger partial charge on any atom is 0.328 e. The molecule has 0 spiro atoms. The minimum Gasteiger partial charge on any atom is -0.480 e. The van der Waals surface area contributed by atoms with Crippen LogP contribution in [0.15, 0.2) is 0 Å². The molecule has 0 aromatic heterocycles. The largest absolute Gasteiger partial charge is 0.480 e. The number of aliphatic carboxylic acids is 1. The van der Waals surface area contributed by atoms with Crippen LogP contribution in [-0.2, 0) is 19.2 Å². The summed E-state index contributed by atoms with van der Waals surface area (Å²) in [5.41, 5.74) is 0. The first kappa shape index (κ1) is 25.2. The van der Waals surface area contributed by atoms with Gasteiger partial charge in [0.15, 0.2) is 6.04 Å². The van der Waals surface area contributed by atoms with Crippen LogP contribution < -0.4 is 21.3 Å². The van der Waals surface area contributed by atoms with Crippen molar-refractivity contribution in [3.63, 3.8) is 0 Å². The summed E-state index contributed by atoms with van der Waals surface area (Å²) in [4.78, 5) is 48.8. The molecule has 0 saturated carbocycles. The molecule has 6 unspecified atom stereocenters. The number of carboxylic acid groups (broad SMARTS) is 1. The maximum absolute atomic E-state index is 12.7. The van der Waals surface area contributed by atoms with E-state index in [1.807, 2.05) is 6.92 Å². The Morgan fingerprint density at radius 1 is 1.10 bits per heavy atom. The Morgan fingerprint density at radius 2 is 1.72 bits per heavy atom. The Kier molecular flexibility index (Phi) is 10.4. The van der Waals surface area contributed by atoms with Crippen molar-refractivity contribution in [2.45, 2.75) is 70.3 Å². The van der Waals surface area contributed by atoms with Crippen LogP contribution in [0.5, 0.6) is 0 Å². The summed E-state index contributed by atoms with van der Waals surface area (Å²) in [6, 6.07) is -3.84. The van der Waals surface area contributed by atoms with Crippen LogP contribution >= 0.6 is 12.6 Å². The van der Waals surface area contributed by atoms with Gasteiger partial charge in [-0.05, 0) is 32.2 Å². The van der Waals surface area contributed by atoms with Crippen molar-refractivity contribution in [2.24, 2.45) is 5.92 Å². The molecule has 1 heterocycles. The number of amides is 3. The maximum atomic E-state index is 12.7. The number of aliphatic hydroxyl groups is 1. The van der Waals surface area contributed by atoms with E-state index in [2.05, 4.69) is 33.9 Å². The Bertz CT molecular complexity index is 597. The number of thiol groups is 1. The van der Waals surface area contributed by atoms with Crippen LogP contribution in [0.3, 0.4) is 0 Å². The predicted molar refractivity (Wildman–Crippen MR) is 109 cm³/mol. The second-order valence-corrected chi connectivity index (χ2v) is 7.69. The molecule has 0 aromatic rings. The van der Waals surface area contributed by atoms with E-state index >= 15 is 0 Å². The second-order valence-electron chi connectivity index (χ2n) is 7.33. The highest BCUT2D eigenvalue weighted by atomic mass is 32.1. The summed E-state index contributed by atoms with van der Waals surface area (Å²) < 4.78 is 0. The Labute approximate surface area is 176 Å². The fourth-order valence-electron chi connectivity index (χ4n) is 2.96. The number of carboxylic acids is 1. The first-order valence-electron chi connectivity index (χ1n) is 9.78. The average molecular weight is 433 g/mol. The third-order valence-corrected chi connectivity index (χ3v) is 5.40. The van der Waals surface area contributed by atoms with Crippen molar-refractivity contribution in [2.75, 3.05) is 12.3 Å². The molecule has 1 aliphatic heterocycles. The molecule has 0 aromatic carbocycles. The van der Waals surface area contributed by atoms with Gasteiger partial charge in [0.05, 0.1) is 12.1 Å². The summed E-state index contributed by atoms with van der Waals surface area (Å²) in [6.45, 7) is 5.54. The van der Waals surface area contributed by atoms with Gasteiger partial charge >= 0.3 is 5.97 Å². The van der Waals surface area contributed by atoms with E-state index < -0.39 is 42.0 Å². The molecule has 10 nitrogen and oxygen atoms in total. The third kappa shape index (κ3) is 7.48. The van der Waals surface area contributed by atoms with E-state index in [-0.39, 0.29) is 23.6 Å². The van der Waals surface area contributed by atoms with Crippen molar-refractivity contribution in [3.8, 4) is 0 Å². The Morgan fingerprint density at radius 3 is 2.17 bits per heavy atom. The lowest BCUT2D eigenvalue weighted by Crippen LogP contribution is -2.60. The fraction of sp³-hybridized carbons (Fsp3) is 0.778. The number of hydrogen-bond donors (Lipinski definition) is 7. The Balaban J connectivity index is 2.83. The predicted octanol–water partition coefficient (Wildman–Crippen LogP) is -1.37. The number of rotatable bonds is 11. The minimum absolute atomic E-state index is 0.0323. The summed E-state index contributed by atoms with van der Waals surface area (Å²) in [7, 11) is 0. The molecule has 0 bridgehead atoms. The molecular formula is C18H32N4O6S. The van der Waals surface area contributed by atoms with Gasteiger partial charge in [-0.1, -0.05) is 20.3 Å². The normalized spacial score (nSPS) is 21.3. The summed E-state index contributed by atoms with van der Waals surface area (Å²) in [5.74, 6) is -3.27. The molecule has 166 valence electrons. The molecule has 1 saturated heterocycles. The first-order chi connectivity index (χ1) is 13.6. The standard InChI is InChI=1S/C18H32N4O6S/c1-4-9(2)13(17(26)22-14(10(3)23)18(27)28)21-16(25)12(8-29)20-15(24)11-6-5-7-19-11/h9-14,19,23,29H,4-8H2,1-3H3,(H,20,24)(H,21,25)(H,22,26)(H,27,28). The number of nitrogens with one attached hydrogen (secondary N) is 4. The minimum atomic E-state index is -1.50. The van der Waals surface area contributed by atoms with Crippen LogP contribution in [0, 0.1) is 5.92 Å². The zero-order valence-corrected chi connectivity index (χ0v) is 17.9. The lowest BCUT2D eigenvalue weighted by atomic mass is 9.97. The molecule has 1 fully saturated rings. The topological polar surface area (TPSA) is 157 Å². The van der Waals surface area contributed by atoms with Crippen LogP contribution in [0.4, 0.5) is 0 Å². The first-order valence-corrected chi connectivity index (χ1v) is 10.4. The number of hydrogen-bond acceptors (Lipinski definition) is 7. The number of aliphatic hydroxyl groups excluding tert-OH is 1. The van der Waals surface area contributed by atoms with Gasteiger partial charge in [-0.15, -0.1) is 0 Å². The van der Waals surface area contributed by atoms with Gasteiger partial charge in [0.1, 0.15) is 12.1 Å².